The normalized spacial score (nSPS) is 15.6. The maximum atomic E-state index is 13.4. The van der Waals surface area contributed by atoms with E-state index >= 15 is 0 Å². The van der Waals surface area contributed by atoms with Crippen molar-refractivity contribution < 1.29 is 40.5 Å². The van der Waals surface area contributed by atoms with Gasteiger partial charge < -0.3 is 39.2 Å². The van der Waals surface area contributed by atoms with E-state index in [0.717, 1.165) is 49.5 Å². The first-order valence-electron chi connectivity index (χ1n) is 22.8. The molecule has 368 valence electrons. The van der Waals surface area contributed by atoms with Crippen LogP contribution >= 0.6 is 27.5 Å². The fraction of sp³-hybridized carbons (Fsp3) is 0.468. The molecule has 2 fully saturated rings. The van der Waals surface area contributed by atoms with Crippen LogP contribution in [0.3, 0.4) is 0 Å². The Morgan fingerprint density at radius 2 is 1.37 bits per heavy atom. The largest absolute Gasteiger partial charge is 0.378 e. The summed E-state index contributed by atoms with van der Waals surface area (Å²) in [6.45, 7) is 13.0. The second-order valence-electron chi connectivity index (χ2n) is 16.5. The van der Waals surface area contributed by atoms with Crippen molar-refractivity contribution in [3.63, 3.8) is 0 Å². The van der Waals surface area contributed by atoms with Gasteiger partial charge in [0.05, 0.1) is 102 Å². The fourth-order valence-electron chi connectivity index (χ4n) is 7.73. The van der Waals surface area contributed by atoms with Crippen molar-refractivity contribution in [1.29, 1.82) is 0 Å². The predicted octanol–water partition coefficient (Wildman–Crippen LogP) is 7.17. The number of halogens is 2. The van der Waals surface area contributed by atoms with Gasteiger partial charge in [-0.25, -0.2) is 21.8 Å². The van der Waals surface area contributed by atoms with E-state index in [4.69, 9.17) is 35.3 Å². The van der Waals surface area contributed by atoms with Crippen LogP contribution in [0.1, 0.15) is 26.7 Å². The monoisotopic (exact) mass is 1060 g/mol. The number of rotatable bonds is 25. The van der Waals surface area contributed by atoms with Gasteiger partial charge in [0, 0.05) is 68.8 Å². The Hall–Kier alpha value is -4.06. The Bertz CT molecular complexity index is 2620. The molecule has 17 nitrogen and oxygen atoms in total. The molecule has 0 radical (unpaired) electrons. The van der Waals surface area contributed by atoms with E-state index in [1.54, 1.807) is 56.4 Å². The highest BCUT2D eigenvalue weighted by Gasteiger charge is 2.32. The highest BCUT2D eigenvalue weighted by molar-refractivity contribution is 9.10. The van der Waals surface area contributed by atoms with E-state index < -0.39 is 25.1 Å². The molecule has 0 aliphatic carbocycles. The summed E-state index contributed by atoms with van der Waals surface area (Å²) in [4.78, 5) is 18.4. The highest BCUT2D eigenvalue weighted by Crippen LogP contribution is 2.33. The van der Waals surface area contributed by atoms with E-state index in [1.807, 2.05) is 24.3 Å². The maximum absolute atomic E-state index is 13.4. The Kier molecular flexibility index (Phi) is 19.2. The number of pyridine rings is 1. The Balaban J connectivity index is 0.678. The smallest absolute Gasteiger partial charge is 0.244 e. The Morgan fingerprint density at radius 1 is 0.721 bits per heavy atom. The van der Waals surface area contributed by atoms with Crippen molar-refractivity contribution in [3.05, 3.63) is 94.7 Å². The molecular weight excluding hydrogens is 1000 g/mol. The summed E-state index contributed by atoms with van der Waals surface area (Å²) in [6, 6.07) is 21.9. The van der Waals surface area contributed by atoms with Crippen molar-refractivity contribution in [3.8, 4) is 0 Å². The number of fused-ring (bicyclic) bond motifs is 1. The Labute approximate surface area is 412 Å². The van der Waals surface area contributed by atoms with Gasteiger partial charge in [-0.15, -0.1) is 0 Å². The van der Waals surface area contributed by atoms with Crippen LogP contribution in [-0.2, 0) is 43.5 Å². The van der Waals surface area contributed by atoms with Gasteiger partial charge in [0.2, 0.25) is 16.0 Å². The molecule has 21 heteroatoms. The topological polar surface area (TPSA) is 187 Å². The van der Waals surface area contributed by atoms with Gasteiger partial charge in [-0.1, -0.05) is 35.9 Å². The van der Waals surface area contributed by atoms with Crippen molar-refractivity contribution >= 4 is 87.1 Å². The van der Waals surface area contributed by atoms with Crippen LogP contribution in [0.2, 0.25) is 5.02 Å². The summed E-state index contributed by atoms with van der Waals surface area (Å²) in [5, 5.41) is 6.86. The minimum Gasteiger partial charge on any atom is -0.378 e. The highest BCUT2D eigenvalue weighted by atomic mass is 79.9. The minimum absolute atomic E-state index is 0.0133. The lowest BCUT2D eigenvalue weighted by Gasteiger charge is -2.36. The molecule has 3 aromatic carbocycles. The lowest BCUT2D eigenvalue weighted by Crippen LogP contribution is -2.47. The Morgan fingerprint density at radius 3 is 2.04 bits per heavy atom. The van der Waals surface area contributed by atoms with E-state index in [1.165, 1.54) is 10.5 Å². The maximum Gasteiger partial charge on any atom is 0.244 e. The number of anilines is 5. The summed E-state index contributed by atoms with van der Waals surface area (Å²) in [5.41, 5.74) is 2.95. The SMILES string of the molecule is CC(C)S(=O)(=O)c1ccccc1Nc1nc(Nc2ccc(N3CCN(CCOCCOCCOCCOCCOC4CCN(S(=O)(=O)c5ccc6cccnc6c5Br)CC4)CC3)cc2)ncc1Cl. The van der Waals surface area contributed by atoms with Crippen LogP contribution in [0.15, 0.2) is 99.5 Å². The molecular formula is C47H60BrClN8O9S2. The second kappa shape index (κ2) is 25.2. The van der Waals surface area contributed by atoms with E-state index in [9.17, 15) is 16.8 Å². The quantitative estimate of drug-likeness (QED) is 0.0560. The van der Waals surface area contributed by atoms with Gasteiger partial charge in [0.15, 0.2) is 15.7 Å². The number of sulfone groups is 1. The fourth-order valence-corrected chi connectivity index (χ4v) is 11.7. The molecule has 2 aliphatic heterocycles. The van der Waals surface area contributed by atoms with Gasteiger partial charge in [-0.3, -0.25) is 9.88 Å². The average molecular weight is 1060 g/mol. The molecule has 2 saturated heterocycles. The molecule has 2 aliphatic rings. The molecule has 4 heterocycles. The summed E-state index contributed by atoms with van der Waals surface area (Å²) in [5.74, 6) is 0.608. The van der Waals surface area contributed by atoms with E-state index in [2.05, 4.69) is 63.4 Å². The molecule has 0 amide bonds. The van der Waals surface area contributed by atoms with Crippen molar-refractivity contribution in [2.45, 2.75) is 47.8 Å². The van der Waals surface area contributed by atoms with E-state index in [-0.39, 0.29) is 20.9 Å². The second-order valence-corrected chi connectivity index (χ2v) is 22.1. The zero-order valence-corrected chi connectivity index (χ0v) is 42.4. The summed E-state index contributed by atoms with van der Waals surface area (Å²) < 4.78 is 83.4. The van der Waals surface area contributed by atoms with E-state index in [0.29, 0.717) is 113 Å². The standard InChI is InChI=1S/C47H60BrClN8O9S2/c1-35(2)67(58,59)42-8-4-3-7-41(42)53-46-40(49)34-51-47(54-46)52-37-10-12-38(13-11-37)56-22-20-55(21-23-56)24-25-62-26-27-63-28-29-64-30-31-65-32-33-66-39-15-18-57(19-16-39)68(60,61)43-14-9-36-6-5-17-50-45(36)44(43)48/h3-14,17,34-35,39H,15-16,18-33H2,1-2H3,(H2,51,52,53,54). The third-order valence-electron chi connectivity index (χ3n) is 11.6. The van der Waals surface area contributed by atoms with Crippen LogP contribution < -0.4 is 15.5 Å². The predicted molar refractivity (Wildman–Crippen MR) is 268 cm³/mol. The molecule has 2 N–H and O–H groups in total. The number of ether oxygens (including phenoxy) is 5. The number of piperidine rings is 1. The molecule has 7 rings (SSSR count). The zero-order chi connectivity index (χ0) is 47.9. The molecule has 0 spiro atoms. The van der Waals surface area contributed by atoms with Crippen molar-refractivity contribution in [2.24, 2.45) is 0 Å². The molecule has 0 atom stereocenters. The van der Waals surface area contributed by atoms with Crippen molar-refractivity contribution in [1.82, 2.24) is 24.2 Å². The first-order valence-corrected chi connectivity index (χ1v) is 27.0. The molecule has 0 saturated carbocycles. The number of nitrogens with one attached hydrogen (secondary N) is 2. The minimum atomic E-state index is -3.66. The first kappa shape index (κ1) is 51.8. The number of hydrogen-bond donors (Lipinski definition) is 2. The van der Waals surface area contributed by atoms with Gasteiger partial charge in [-0.2, -0.15) is 9.29 Å². The van der Waals surface area contributed by atoms with Crippen LogP contribution in [0.5, 0.6) is 0 Å². The average Bonchev–Trinajstić information content (AvgIpc) is 3.34. The number of nitrogens with zero attached hydrogens (tertiary/aromatic N) is 6. The number of aromatic nitrogens is 3. The third kappa shape index (κ3) is 14.1. The summed E-state index contributed by atoms with van der Waals surface area (Å²) in [6.07, 6.45) is 4.36. The first-order chi connectivity index (χ1) is 32.9. The van der Waals surface area contributed by atoms with Crippen molar-refractivity contribution in [2.75, 3.05) is 121 Å². The molecule has 68 heavy (non-hydrogen) atoms. The third-order valence-corrected chi connectivity index (χ3v) is 17.1. The van der Waals surface area contributed by atoms with Gasteiger partial charge in [0.1, 0.15) is 5.02 Å². The molecule has 0 unspecified atom stereocenters. The lowest BCUT2D eigenvalue weighted by atomic mass is 10.1. The van der Waals surface area contributed by atoms with Gasteiger partial charge >= 0.3 is 0 Å². The zero-order valence-electron chi connectivity index (χ0n) is 38.4. The molecule has 2 aromatic heterocycles. The summed E-state index contributed by atoms with van der Waals surface area (Å²) in [7, 11) is -7.20. The number of benzene rings is 3. The lowest BCUT2D eigenvalue weighted by molar-refractivity contribution is -0.0318. The van der Waals surface area contributed by atoms with Crippen LogP contribution in [0.25, 0.3) is 10.9 Å². The number of hydrogen-bond acceptors (Lipinski definition) is 16. The summed E-state index contributed by atoms with van der Waals surface area (Å²) >= 11 is 9.89. The van der Waals surface area contributed by atoms with Crippen LogP contribution in [0, 0.1) is 0 Å². The number of sulfonamides is 1. The van der Waals surface area contributed by atoms with Gasteiger partial charge in [-0.05, 0) is 91.1 Å². The number of piperazine rings is 1. The molecule has 5 aromatic rings. The van der Waals surface area contributed by atoms with Crippen LogP contribution in [0.4, 0.5) is 28.8 Å². The van der Waals surface area contributed by atoms with Gasteiger partial charge in [0.25, 0.3) is 0 Å². The van der Waals surface area contributed by atoms with Crippen LogP contribution in [-0.4, -0.2) is 158 Å². The number of para-hydroxylation sites is 1. The molecule has 0 bridgehead atoms.